The molecule has 0 N–H and O–H groups in total. The smallest absolute Gasteiger partial charge is 0.0201 e. The predicted molar refractivity (Wildman–Crippen MR) is 55.3 cm³/mol. The highest BCUT2D eigenvalue weighted by Crippen LogP contribution is 2.18. The molecule has 0 aliphatic carbocycles. The number of aryl methyl sites for hydroxylation is 2. The van der Waals surface area contributed by atoms with Crippen molar-refractivity contribution >= 4 is 5.57 Å². The van der Waals surface area contributed by atoms with Gasteiger partial charge in [0.15, 0.2) is 0 Å². The maximum absolute atomic E-state index is 3.96. The van der Waals surface area contributed by atoms with Gasteiger partial charge >= 0.3 is 0 Å². The molecule has 0 fully saturated rings. The Morgan fingerprint density at radius 1 is 1.42 bits per heavy atom. The second-order valence-corrected chi connectivity index (χ2v) is 3.28. The van der Waals surface area contributed by atoms with Crippen LogP contribution in [0.1, 0.15) is 30.5 Å². The molecular formula is C12H16. The molecule has 0 heterocycles. The summed E-state index contributed by atoms with van der Waals surface area (Å²) >= 11 is 0. The summed E-state index contributed by atoms with van der Waals surface area (Å²) in [7, 11) is 0. The van der Waals surface area contributed by atoms with Gasteiger partial charge < -0.3 is 0 Å². The van der Waals surface area contributed by atoms with Crippen LogP contribution in [0.15, 0.2) is 24.8 Å². The minimum Gasteiger partial charge on any atom is -0.0955 e. The highest BCUT2D eigenvalue weighted by Gasteiger charge is 1.99. The third-order valence-corrected chi connectivity index (χ3v) is 2.17. The van der Waals surface area contributed by atoms with E-state index in [0.29, 0.717) is 0 Å². The van der Waals surface area contributed by atoms with Gasteiger partial charge in [-0.15, -0.1) is 0 Å². The highest BCUT2D eigenvalue weighted by atomic mass is 14.0. The Labute approximate surface area is 74.9 Å². The van der Waals surface area contributed by atoms with Crippen LogP contribution in [0.25, 0.3) is 5.57 Å². The molecule has 0 aliphatic rings. The monoisotopic (exact) mass is 160 g/mol. The molecule has 12 heavy (non-hydrogen) atoms. The molecule has 64 valence electrons. The summed E-state index contributed by atoms with van der Waals surface area (Å²) in [5, 5.41) is 0. The molecular weight excluding hydrogens is 144 g/mol. The van der Waals surface area contributed by atoms with Crippen LogP contribution in [0, 0.1) is 6.92 Å². The molecule has 1 aromatic rings. The van der Waals surface area contributed by atoms with Gasteiger partial charge in [0, 0.05) is 0 Å². The van der Waals surface area contributed by atoms with Crippen molar-refractivity contribution in [1.82, 2.24) is 0 Å². The maximum atomic E-state index is 3.96. The number of hydrogen-bond acceptors (Lipinski definition) is 0. The fourth-order valence-electron chi connectivity index (χ4n) is 1.35. The molecule has 0 atom stereocenters. The van der Waals surface area contributed by atoms with Gasteiger partial charge in [-0.3, -0.25) is 0 Å². The van der Waals surface area contributed by atoms with E-state index in [-0.39, 0.29) is 0 Å². The van der Waals surface area contributed by atoms with Crippen molar-refractivity contribution in [2.24, 2.45) is 0 Å². The lowest BCUT2D eigenvalue weighted by atomic mass is 9.99. The van der Waals surface area contributed by atoms with Crippen molar-refractivity contribution in [3.8, 4) is 0 Å². The Hall–Kier alpha value is -1.04. The number of benzene rings is 1. The molecule has 0 saturated heterocycles. The van der Waals surface area contributed by atoms with E-state index in [1.165, 1.54) is 16.7 Å². The maximum Gasteiger partial charge on any atom is -0.0201 e. The van der Waals surface area contributed by atoms with Crippen molar-refractivity contribution in [3.63, 3.8) is 0 Å². The zero-order valence-electron chi connectivity index (χ0n) is 8.15. The summed E-state index contributed by atoms with van der Waals surface area (Å²) < 4.78 is 0. The summed E-state index contributed by atoms with van der Waals surface area (Å²) in [5.74, 6) is 0. The molecule has 0 nitrogen and oxygen atoms in total. The lowest BCUT2D eigenvalue weighted by molar-refractivity contribution is 1.13. The Balaban J connectivity index is 3.17. The van der Waals surface area contributed by atoms with E-state index in [1.807, 2.05) is 0 Å². The average Bonchev–Trinajstić information content (AvgIpc) is 2.05. The SMILES string of the molecule is C=C(C)c1cc(CC)ccc1C. The zero-order chi connectivity index (χ0) is 9.14. The quantitative estimate of drug-likeness (QED) is 0.620. The third-order valence-electron chi connectivity index (χ3n) is 2.17. The Bertz CT molecular complexity index is 295. The molecule has 0 aromatic heterocycles. The molecule has 0 heteroatoms. The first-order valence-corrected chi connectivity index (χ1v) is 4.40. The van der Waals surface area contributed by atoms with Gasteiger partial charge in [0.25, 0.3) is 0 Å². The van der Waals surface area contributed by atoms with Crippen LogP contribution < -0.4 is 0 Å². The van der Waals surface area contributed by atoms with E-state index >= 15 is 0 Å². The molecule has 1 rings (SSSR count). The fourth-order valence-corrected chi connectivity index (χ4v) is 1.35. The van der Waals surface area contributed by atoms with Crippen LogP contribution in [0.3, 0.4) is 0 Å². The topological polar surface area (TPSA) is 0 Å². The van der Waals surface area contributed by atoms with E-state index in [0.717, 1.165) is 12.0 Å². The van der Waals surface area contributed by atoms with Gasteiger partial charge in [-0.1, -0.05) is 37.3 Å². The highest BCUT2D eigenvalue weighted by molar-refractivity contribution is 5.64. The molecule has 0 saturated carbocycles. The van der Waals surface area contributed by atoms with Gasteiger partial charge in [0.2, 0.25) is 0 Å². The molecule has 0 unspecified atom stereocenters. The second-order valence-electron chi connectivity index (χ2n) is 3.28. The summed E-state index contributed by atoms with van der Waals surface area (Å²) in [5.41, 5.74) is 5.16. The van der Waals surface area contributed by atoms with Crippen molar-refractivity contribution in [2.75, 3.05) is 0 Å². The summed E-state index contributed by atoms with van der Waals surface area (Å²) in [4.78, 5) is 0. The van der Waals surface area contributed by atoms with Crippen molar-refractivity contribution in [2.45, 2.75) is 27.2 Å². The molecule has 0 radical (unpaired) electrons. The van der Waals surface area contributed by atoms with Gasteiger partial charge in [-0.25, -0.2) is 0 Å². The van der Waals surface area contributed by atoms with E-state index < -0.39 is 0 Å². The Morgan fingerprint density at radius 2 is 2.08 bits per heavy atom. The van der Waals surface area contributed by atoms with Gasteiger partial charge in [0.05, 0.1) is 0 Å². The standard InChI is InChI=1S/C12H16/c1-5-11-7-6-10(4)12(8-11)9(2)3/h6-8H,2,5H2,1,3-4H3. The molecule has 1 aromatic carbocycles. The zero-order valence-corrected chi connectivity index (χ0v) is 8.15. The van der Waals surface area contributed by atoms with Crippen LogP contribution in [0.4, 0.5) is 0 Å². The first-order chi connectivity index (χ1) is 5.65. The van der Waals surface area contributed by atoms with Crippen LogP contribution in [-0.2, 0) is 6.42 Å². The molecule has 0 amide bonds. The first-order valence-electron chi connectivity index (χ1n) is 4.40. The molecule has 0 spiro atoms. The first kappa shape index (κ1) is 9.05. The third kappa shape index (κ3) is 1.76. The summed E-state index contributed by atoms with van der Waals surface area (Å²) in [6.45, 7) is 10.3. The normalized spacial score (nSPS) is 9.92. The second kappa shape index (κ2) is 3.57. The average molecular weight is 160 g/mol. The van der Waals surface area contributed by atoms with Crippen molar-refractivity contribution in [3.05, 3.63) is 41.5 Å². The largest absolute Gasteiger partial charge is 0.0955 e. The molecule has 0 bridgehead atoms. The van der Waals surface area contributed by atoms with Gasteiger partial charge in [-0.2, -0.15) is 0 Å². The number of allylic oxidation sites excluding steroid dienone is 1. The van der Waals surface area contributed by atoms with Crippen LogP contribution in [0.5, 0.6) is 0 Å². The number of rotatable bonds is 2. The van der Waals surface area contributed by atoms with E-state index in [2.05, 4.69) is 45.5 Å². The minimum absolute atomic E-state index is 1.10. The summed E-state index contributed by atoms with van der Waals surface area (Å²) in [6, 6.07) is 6.59. The lowest BCUT2D eigenvalue weighted by Crippen LogP contribution is -1.88. The molecule has 0 aliphatic heterocycles. The Morgan fingerprint density at radius 3 is 2.58 bits per heavy atom. The number of hydrogen-bond donors (Lipinski definition) is 0. The predicted octanol–water partition coefficient (Wildman–Crippen LogP) is 3.59. The van der Waals surface area contributed by atoms with E-state index in [4.69, 9.17) is 0 Å². The van der Waals surface area contributed by atoms with E-state index in [9.17, 15) is 0 Å². The van der Waals surface area contributed by atoms with Crippen LogP contribution in [-0.4, -0.2) is 0 Å². The van der Waals surface area contributed by atoms with Crippen LogP contribution >= 0.6 is 0 Å². The van der Waals surface area contributed by atoms with Gasteiger partial charge in [-0.05, 0) is 37.0 Å². The minimum atomic E-state index is 1.10. The Kier molecular flexibility index (Phi) is 2.69. The van der Waals surface area contributed by atoms with Crippen molar-refractivity contribution in [1.29, 1.82) is 0 Å². The lowest BCUT2D eigenvalue weighted by Gasteiger charge is -2.06. The van der Waals surface area contributed by atoms with E-state index in [1.54, 1.807) is 0 Å². The van der Waals surface area contributed by atoms with Gasteiger partial charge in [0.1, 0.15) is 0 Å². The van der Waals surface area contributed by atoms with Crippen molar-refractivity contribution < 1.29 is 0 Å². The van der Waals surface area contributed by atoms with Crippen LogP contribution in [0.2, 0.25) is 0 Å². The summed E-state index contributed by atoms with van der Waals surface area (Å²) in [6.07, 6.45) is 1.10. The fraction of sp³-hybridized carbons (Fsp3) is 0.333.